The maximum atomic E-state index is 6.11. The van der Waals surface area contributed by atoms with Crippen LogP contribution in [-0.4, -0.2) is 53.8 Å². The Morgan fingerprint density at radius 1 is 0.939 bits per heavy atom. The molecule has 1 N–H and O–H groups in total. The fraction of sp³-hybridized carbons (Fsp3) is 0.238. The number of aromatic nitrogens is 5. The van der Waals surface area contributed by atoms with Gasteiger partial charge < -0.3 is 23.4 Å². The van der Waals surface area contributed by atoms with E-state index in [-0.39, 0.29) is 0 Å². The Hall–Kier alpha value is -3.44. The first kappa shape index (κ1) is 22.7. The quantitative estimate of drug-likeness (QED) is 0.336. The van der Waals surface area contributed by atoms with E-state index < -0.39 is 0 Å². The molecule has 0 aliphatic heterocycles. The molecular weight excluding hydrogens is 470 g/mol. The predicted octanol–water partition coefficient (Wildman–Crippen LogP) is 4.50. The fourth-order valence-electron chi connectivity index (χ4n) is 3.06. The summed E-state index contributed by atoms with van der Waals surface area (Å²) in [5.74, 6) is 3.76. The van der Waals surface area contributed by atoms with E-state index in [2.05, 4.69) is 25.4 Å². The second-order valence-corrected chi connectivity index (χ2v) is 7.89. The number of hydrogen-bond donors (Lipinski definition) is 1. The van der Waals surface area contributed by atoms with E-state index in [0.717, 1.165) is 0 Å². The van der Waals surface area contributed by atoms with Gasteiger partial charge in [-0.15, -0.1) is 15.3 Å². The van der Waals surface area contributed by atoms with E-state index in [1.807, 2.05) is 0 Å². The smallest absolute Gasteiger partial charge is 0.248 e. The molecule has 0 fully saturated rings. The maximum absolute atomic E-state index is 6.11. The van der Waals surface area contributed by atoms with Crippen LogP contribution < -0.4 is 18.9 Å². The first-order valence-electron chi connectivity index (χ1n) is 9.58. The van der Waals surface area contributed by atoms with Crippen molar-refractivity contribution in [1.29, 1.82) is 0 Å². The molecule has 2 aromatic heterocycles. The van der Waals surface area contributed by atoms with Crippen LogP contribution in [0.25, 0.3) is 22.8 Å². The van der Waals surface area contributed by atoms with Crippen molar-refractivity contribution >= 4 is 23.4 Å². The summed E-state index contributed by atoms with van der Waals surface area (Å²) in [5.41, 5.74) is 1.35. The van der Waals surface area contributed by atoms with E-state index >= 15 is 0 Å². The van der Waals surface area contributed by atoms with Crippen LogP contribution in [0.2, 0.25) is 5.02 Å². The third-order valence-electron chi connectivity index (χ3n) is 4.58. The van der Waals surface area contributed by atoms with Crippen LogP contribution in [0.5, 0.6) is 23.0 Å². The lowest BCUT2D eigenvalue weighted by Crippen LogP contribution is -1.95. The summed E-state index contributed by atoms with van der Waals surface area (Å²) in [6, 6.07) is 8.77. The third kappa shape index (κ3) is 4.83. The molecule has 10 nitrogen and oxygen atoms in total. The summed E-state index contributed by atoms with van der Waals surface area (Å²) in [6.45, 7) is 0. The molecule has 4 rings (SSSR count). The van der Waals surface area contributed by atoms with Crippen molar-refractivity contribution in [2.45, 2.75) is 10.9 Å². The zero-order chi connectivity index (χ0) is 23.4. The Morgan fingerprint density at radius 3 is 2.33 bits per heavy atom. The number of aromatic amines is 1. The molecule has 33 heavy (non-hydrogen) atoms. The Bertz CT molecular complexity index is 1240. The number of H-pyrrole nitrogens is 1. The van der Waals surface area contributed by atoms with Crippen LogP contribution >= 0.6 is 23.4 Å². The molecule has 0 unspecified atom stereocenters. The van der Waals surface area contributed by atoms with E-state index in [1.165, 1.54) is 11.8 Å². The van der Waals surface area contributed by atoms with Gasteiger partial charge in [0.15, 0.2) is 17.3 Å². The molecular formula is C21H20ClN5O5S. The summed E-state index contributed by atoms with van der Waals surface area (Å²) < 4.78 is 27.3. The molecule has 0 saturated carbocycles. The van der Waals surface area contributed by atoms with Crippen molar-refractivity contribution in [3.05, 3.63) is 41.2 Å². The Labute approximate surface area is 198 Å². The second-order valence-electron chi connectivity index (χ2n) is 6.51. The van der Waals surface area contributed by atoms with Crippen LogP contribution in [0.4, 0.5) is 0 Å². The van der Waals surface area contributed by atoms with Crippen LogP contribution in [0.15, 0.2) is 39.9 Å². The van der Waals surface area contributed by atoms with Crippen LogP contribution in [0, 0.1) is 0 Å². The number of benzene rings is 2. The molecule has 0 spiro atoms. The highest BCUT2D eigenvalue weighted by Gasteiger charge is 2.18. The van der Waals surface area contributed by atoms with Crippen molar-refractivity contribution in [1.82, 2.24) is 25.4 Å². The monoisotopic (exact) mass is 489 g/mol. The number of nitrogens with zero attached hydrogens (tertiary/aromatic N) is 4. The first-order valence-corrected chi connectivity index (χ1v) is 10.9. The highest BCUT2D eigenvalue weighted by Crippen LogP contribution is 2.41. The molecule has 0 amide bonds. The van der Waals surface area contributed by atoms with Gasteiger partial charge in [0.1, 0.15) is 5.75 Å². The van der Waals surface area contributed by atoms with Gasteiger partial charge in [-0.3, -0.25) is 5.10 Å². The minimum absolute atomic E-state index is 0.323. The number of ether oxygens (including phenoxy) is 4. The maximum Gasteiger partial charge on any atom is 0.248 e. The van der Waals surface area contributed by atoms with Crippen molar-refractivity contribution in [3.63, 3.8) is 0 Å². The summed E-state index contributed by atoms with van der Waals surface area (Å²) in [7, 11) is 6.21. The number of thioether (sulfide) groups is 1. The standard InChI is InChI=1S/C21H20ClN5O5S/c1-28-14-6-5-12(22)9-13(14)19-23-21(27-25-19)33-10-17-24-26-20(32-17)11-7-15(29-2)18(31-4)16(8-11)30-3/h5-9H,10H2,1-4H3,(H,23,25,27). The van der Waals surface area contributed by atoms with Gasteiger partial charge in [-0.2, -0.15) is 0 Å². The van der Waals surface area contributed by atoms with E-state index in [9.17, 15) is 0 Å². The molecule has 4 aromatic rings. The second kappa shape index (κ2) is 10.0. The minimum atomic E-state index is 0.323. The molecule has 0 saturated heterocycles. The molecule has 0 bridgehead atoms. The molecule has 0 aliphatic carbocycles. The van der Waals surface area contributed by atoms with Gasteiger partial charge in [0.25, 0.3) is 0 Å². The van der Waals surface area contributed by atoms with Gasteiger partial charge in [-0.1, -0.05) is 23.4 Å². The van der Waals surface area contributed by atoms with Gasteiger partial charge >= 0.3 is 0 Å². The number of nitrogens with one attached hydrogen (secondary N) is 1. The molecule has 0 aliphatic rings. The highest BCUT2D eigenvalue weighted by molar-refractivity contribution is 7.98. The number of rotatable bonds is 9. The van der Waals surface area contributed by atoms with Crippen molar-refractivity contribution in [2.75, 3.05) is 28.4 Å². The number of halogens is 1. The third-order valence-corrected chi connectivity index (χ3v) is 5.65. The Balaban J connectivity index is 1.49. The molecule has 2 heterocycles. The van der Waals surface area contributed by atoms with Gasteiger partial charge in [0, 0.05) is 10.6 Å². The lowest BCUT2D eigenvalue weighted by atomic mass is 10.2. The fourth-order valence-corrected chi connectivity index (χ4v) is 3.86. The van der Waals surface area contributed by atoms with Crippen LogP contribution in [0.1, 0.15) is 5.89 Å². The van der Waals surface area contributed by atoms with Crippen molar-refractivity contribution in [2.24, 2.45) is 0 Å². The van der Waals surface area contributed by atoms with Crippen LogP contribution in [-0.2, 0) is 5.75 Å². The highest BCUT2D eigenvalue weighted by atomic mass is 35.5. The first-order chi connectivity index (χ1) is 16.1. The van der Waals surface area contributed by atoms with Gasteiger partial charge in [0.2, 0.25) is 22.7 Å². The normalized spacial score (nSPS) is 10.8. The minimum Gasteiger partial charge on any atom is -0.496 e. The predicted molar refractivity (Wildman–Crippen MR) is 122 cm³/mol. The summed E-state index contributed by atoms with van der Waals surface area (Å²) in [4.78, 5) is 4.50. The van der Waals surface area contributed by atoms with Crippen LogP contribution in [0.3, 0.4) is 0 Å². The van der Waals surface area contributed by atoms with E-state index in [0.29, 0.717) is 67.7 Å². The zero-order valence-electron chi connectivity index (χ0n) is 18.2. The molecule has 2 aromatic carbocycles. The van der Waals surface area contributed by atoms with E-state index in [1.54, 1.807) is 58.8 Å². The molecule has 0 atom stereocenters. The van der Waals surface area contributed by atoms with Crippen molar-refractivity contribution in [3.8, 4) is 45.8 Å². The van der Waals surface area contributed by atoms with Gasteiger partial charge in [-0.05, 0) is 30.3 Å². The SMILES string of the molecule is COc1ccc(Cl)cc1-c1nc(SCc2nnc(-c3cc(OC)c(OC)c(OC)c3)o2)n[nH]1. The zero-order valence-corrected chi connectivity index (χ0v) is 19.8. The molecule has 12 heteroatoms. The lowest BCUT2D eigenvalue weighted by Gasteiger charge is -2.12. The number of methoxy groups -OCH3 is 4. The summed E-state index contributed by atoms with van der Waals surface area (Å²) >= 11 is 7.45. The largest absolute Gasteiger partial charge is 0.496 e. The Kier molecular flexibility index (Phi) is 6.90. The summed E-state index contributed by atoms with van der Waals surface area (Å²) in [5, 5.41) is 16.5. The van der Waals surface area contributed by atoms with Gasteiger partial charge in [-0.25, -0.2) is 4.98 Å². The average molecular weight is 490 g/mol. The average Bonchev–Trinajstić information content (AvgIpc) is 3.51. The lowest BCUT2D eigenvalue weighted by molar-refractivity contribution is 0.324. The molecule has 172 valence electrons. The topological polar surface area (TPSA) is 117 Å². The molecule has 0 radical (unpaired) electrons. The van der Waals surface area contributed by atoms with Crippen molar-refractivity contribution < 1.29 is 23.4 Å². The number of hydrogen-bond acceptors (Lipinski definition) is 10. The van der Waals surface area contributed by atoms with Gasteiger partial charge in [0.05, 0.1) is 39.8 Å². The Morgan fingerprint density at radius 2 is 1.67 bits per heavy atom. The summed E-state index contributed by atoms with van der Waals surface area (Å²) in [6.07, 6.45) is 0. The van der Waals surface area contributed by atoms with E-state index in [4.69, 9.17) is 35.0 Å².